The molecule has 0 aromatic carbocycles. The van der Waals surface area contributed by atoms with Crippen molar-refractivity contribution in [2.75, 3.05) is 45.2 Å². The number of amides is 1. The van der Waals surface area contributed by atoms with Crippen LogP contribution in [0.15, 0.2) is 18.3 Å². The summed E-state index contributed by atoms with van der Waals surface area (Å²) in [5.41, 5.74) is 0.693. The summed E-state index contributed by atoms with van der Waals surface area (Å²) in [6.45, 7) is 3.14. The first-order valence-corrected chi connectivity index (χ1v) is 8.41. The second-order valence-corrected chi connectivity index (χ2v) is 6.69. The molecule has 0 bridgehead atoms. The van der Waals surface area contributed by atoms with Crippen molar-refractivity contribution < 1.29 is 9.90 Å². The highest BCUT2D eigenvalue weighted by Crippen LogP contribution is 2.25. The van der Waals surface area contributed by atoms with E-state index in [0.29, 0.717) is 5.56 Å². The highest BCUT2D eigenvalue weighted by molar-refractivity contribution is 5.94. The zero-order chi connectivity index (χ0) is 16.4. The lowest BCUT2D eigenvalue weighted by atomic mass is 10.1. The first-order chi connectivity index (χ1) is 11.1. The van der Waals surface area contributed by atoms with Crippen LogP contribution in [0, 0.1) is 0 Å². The molecule has 1 aliphatic heterocycles. The molecule has 0 radical (unpaired) electrons. The van der Waals surface area contributed by atoms with E-state index >= 15 is 0 Å². The average Bonchev–Trinajstić information content (AvgIpc) is 3.00. The summed E-state index contributed by atoms with van der Waals surface area (Å²) in [6, 6.07) is 3.91. The van der Waals surface area contributed by atoms with Crippen molar-refractivity contribution in [1.82, 2.24) is 14.8 Å². The molecule has 1 aromatic rings. The third-order valence-electron chi connectivity index (χ3n) is 4.97. The number of aliphatic hydroxyl groups is 1. The Morgan fingerprint density at radius 2 is 2.00 bits per heavy atom. The Kier molecular flexibility index (Phi) is 4.82. The van der Waals surface area contributed by atoms with E-state index in [1.807, 2.05) is 30.0 Å². The zero-order valence-corrected chi connectivity index (χ0v) is 14.0. The van der Waals surface area contributed by atoms with Crippen LogP contribution >= 0.6 is 0 Å². The molecule has 6 nitrogen and oxygen atoms in total. The Labute approximate surface area is 137 Å². The first kappa shape index (κ1) is 16.2. The van der Waals surface area contributed by atoms with E-state index in [9.17, 15) is 9.90 Å². The minimum Gasteiger partial charge on any atom is -0.391 e. The van der Waals surface area contributed by atoms with Gasteiger partial charge >= 0.3 is 0 Å². The van der Waals surface area contributed by atoms with Crippen LogP contribution in [0.3, 0.4) is 0 Å². The highest BCUT2D eigenvalue weighted by Gasteiger charge is 2.33. The number of piperazine rings is 1. The van der Waals surface area contributed by atoms with Crippen molar-refractivity contribution in [3.05, 3.63) is 23.9 Å². The molecule has 3 rings (SSSR count). The number of aromatic nitrogens is 1. The van der Waals surface area contributed by atoms with Gasteiger partial charge in [0.05, 0.1) is 6.10 Å². The molecule has 2 unspecified atom stereocenters. The fourth-order valence-electron chi connectivity index (χ4n) is 3.58. The molecule has 2 aliphatic rings. The fraction of sp³-hybridized carbons (Fsp3) is 0.647. The molecule has 2 atom stereocenters. The smallest absolute Gasteiger partial charge is 0.254 e. The summed E-state index contributed by atoms with van der Waals surface area (Å²) >= 11 is 0. The monoisotopic (exact) mass is 318 g/mol. The van der Waals surface area contributed by atoms with Crippen LogP contribution in [0.2, 0.25) is 0 Å². The quantitative estimate of drug-likeness (QED) is 0.894. The molecule has 0 spiro atoms. The Morgan fingerprint density at radius 1 is 1.26 bits per heavy atom. The molecule has 2 heterocycles. The van der Waals surface area contributed by atoms with Crippen molar-refractivity contribution in [2.24, 2.45) is 0 Å². The molecule has 1 saturated heterocycles. The Balaban J connectivity index is 1.61. The van der Waals surface area contributed by atoms with E-state index in [0.717, 1.165) is 51.3 Å². The highest BCUT2D eigenvalue weighted by atomic mass is 16.3. The molecule has 1 aliphatic carbocycles. The number of nitrogens with zero attached hydrogens (tertiary/aromatic N) is 4. The van der Waals surface area contributed by atoms with Crippen LogP contribution < -0.4 is 4.90 Å². The predicted octanol–water partition coefficient (Wildman–Crippen LogP) is 0.819. The van der Waals surface area contributed by atoms with Gasteiger partial charge in [0.25, 0.3) is 5.91 Å². The standard InChI is InChI=1S/C17H26N4O2/c1-19(2)16-12-13(6-7-18-16)17(23)21-10-8-20(9-11-21)14-4-3-5-15(14)22/h6-7,12,14-15,22H,3-5,8-11H2,1-2H3. The lowest BCUT2D eigenvalue weighted by Crippen LogP contribution is -2.53. The number of aliphatic hydroxyl groups excluding tert-OH is 1. The molecular formula is C17H26N4O2. The zero-order valence-electron chi connectivity index (χ0n) is 14.0. The van der Waals surface area contributed by atoms with Gasteiger partial charge in [-0.2, -0.15) is 0 Å². The molecule has 23 heavy (non-hydrogen) atoms. The van der Waals surface area contributed by atoms with Crippen LogP contribution in [0.1, 0.15) is 29.6 Å². The number of anilines is 1. The summed E-state index contributed by atoms with van der Waals surface area (Å²) in [6.07, 6.45) is 4.59. The van der Waals surface area contributed by atoms with Crippen molar-refractivity contribution >= 4 is 11.7 Å². The number of hydrogen-bond acceptors (Lipinski definition) is 5. The van der Waals surface area contributed by atoms with Gasteiger partial charge in [-0.25, -0.2) is 4.98 Å². The topological polar surface area (TPSA) is 59.9 Å². The van der Waals surface area contributed by atoms with Crippen molar-refractivity contribution in [2.45, 2.75) is 31.4 Å². The lowest BCUT2D eigenvalue weighted by Gasteiger charge is -2.39. The van der Waals surface area contributed by atoms with E-state index in [4.69, 9.17) is 0 Å². The van der Waals surface area contributed by atoms with E-state index in [1.165, 1.54) is 0 Å². The van der Waals surface area contributed by atoms with Crippen LogP contribution in [0.5, 0.6) is 0 Å². The van der Waals surface area contributed by atoms with Gasteiger partial charge in [0.1, 0.15) is 5.82 Å². The molecule has 2 fully saturated rings. The maximum Gasteiger partial charge on any atom is 0.254 e. The number of rotatable bonds is 3. The maximum absolute atomic E-state index is 12.7. The molecule has 1 saturated carbocycles. The number of carbonyl (C=O) groups excluding carboxylic acids is 1. The van der Waals surface area contributed by atoms with Gasteiger partial charge in [0, 0.05) is 58.1 Å². The average molecular weight is 318 g/mol. The van der Waals surface area contributed by atoms with E-state index < -0.39 is 0 Å². The fourth-order valence-corrected chi connectivity index (χ4v) is 3.58. The van der Waals surface area contributed by atoms with Gasteiger partial charge in [-0.3, -0.25) is 9.69 Å². The molecule has 126 valence electrons. The third kappa shape index (κ3) is 3.48. The Morgan fingerprint density at radius 3 is 2.61 bits per heavy atom. The van der Waals surface area contributed by atoms with Gasteiger partial charge < -0.3 is 14.9 Å². The summed E-state index contributed by atoms with van der Waals surface area (Å²) in [5.74, 6) is 0.866. The number of carbonyl (C=O) groups is 1. The number of hydrogen-bond donors (Lipinski definition) is 1. The van der Waals surface area contributed by atoms with E-state index in [1.54, 1.807) is 12.3 Å². The van der Waals surface area contributed by atoms with E-state index in [-0.39, 0.29) is 18.1 Å². The molecule has 6 heteroatoms. The van der Waals surface area contributed by atoms with Gasteiger partial charge in [-0.05, 0) is 31.4 Å². The molecule has 1 amide bonds. The van der Waals surface area contributed by atoms with Gasteiger partial charge in [-0.1, -0.05) is 0 Å². The van der Waals surface area contributed by atoms with Crippen LogP contribution in [0.25, 0.3) is 0 Å². The van der Waals surface area contributed by atoms with Gasteiger partial charge in [0.15, 0.2) is 0 Å². The van der Waals surface area contributed by atoms with E-state index in [2.05, 4.69) is 9.88 Å². The molecule has 1 aromatic heterocycles. The third-order valence-corrected chi connectivity index (χ3v) is 4.97. The summed E-state index contributed by atoms with van der Waals surface area (Å²) in [5, 5.41) is 10.0. The SMILES string of the molecule is CN(C)c1cc(C(=O)N2CCN(C3CCCC3O)CC2)ccn1. The minimum atomic E-state index is -0.194. The van der Waals surface area contributed by atoms with Crippen molar-refractivity contribution in [1.29, 1.82) is 0 Å². The molecular weight excluding hydrogens is 292 g/mol. The van der Waals surface area contributed by atoms with Crippen molar-refractivity contribution in [3.63, 3.8) is 0 Å². The largest absolute Gasteiger partial charge is 0.391 e. The normalized spacial score (nSPS) is 25.6. The maximum atomic E-state index is 12.7. The molecule has 1 N–H and O–H groups in total. The summed E-state index contributed by atoms with van der Waals surface area (Å²) < 4.78 is 0. The lowest BCUT2D eigenvalue weighted by molar-refractivity contribution is 0.0315. The van der Waals surface area contributed by atoms with Crippen LogP contribution in [-0.4, -0.2) is 78.2 Å². The number of pyridine rings is 1. The Bertz CT molecular complexity index is 555. The van der Waals surface area contributed by atoms with Gasteiger partial charge in [0.2, 0.25) is 0 Å². The van der Waals surface area contributed by atoms with Crippen LogP contribution in [-0.2, 0) is 0 Å². The van der Waals surface area contributed by atoms with Crippen molar-refractivity contribution in [3.8, 4) is 0 Å². The van der Waals surface area contributed by atoms with Crippen LogP contribution in [0.4, 0.5) is 5.82 Å². The summed E-state index contributed by atoms with van der Waals surface area (Å²) in [4.78, 5) is 23.1. The second kappa shape index (κ2) is 6.84. The second-order valence-electron chi connectivity index (χ2n) is 6.69. The summed E-state index contributed by atoms with van der Waals surface area (Å²) in [7, 11) is 3.84. The Hall–Kier alpha value is -1.66. The predicted molar refractivity (Wildman–Crippen MR) is 89.7 cm³/mol. The first-order valence-electron chi connectivity index (χ1n) is 8.41. The minimum absolute atomic E-state index is 0.0714. The van der Waals surface area contributed by atoms with Gasteiger partial charge in [-0.15, -0.1) is 0 Å².